The second-order valence-electron chi connectivity index (χ2n) is 6.52. The van der Waals surface area contributed by atoms with Gasteiger partial charge >= 0.3 is 0 Å². The molecule has 0 saturated carbocycles. The van der Waals surface area contributed by atoms with Crippen LogP contribution < -0.4 is 4.90 Å². The summed E-state index contributed by atoms with van der Waals surface area (Å²) in [5.41, 5.74) is 2.53. The first-order valence-corrected chi connectivity index (χ1v) is 8.71. The number of hydrogen-bond acceptors (Lipinski definition) is 5. The average Bonchev–Trinajstić information content (AvgIpc) is 3.11. The van der Waals surface area contributed by atoms with E-state index in [0.717, 1.165) is 48.8 Å². The molecule has 0 bridgehead atoms. The molecule has 2 aromatic heterocycles. The molecule has 26 heavy (non-hydrogen) atoms. The molecule has 7 heteroatoms. The molecule has 0 radical (unpaired) electrons. The topological polar surface area (TPSA) is 50.1 Å². The van der Waals surface area contributed by atoms with Gasteiger partial charge in [0, 0.05) is 57.1 Å². The van der Waals surface area contributed by atoms with Crippen LogP contribution in [-0.4, -0.2) is 50.8 Å². The van der Waals surface area contributed by atoms with Gasteiger partial charge in [0.05, 0.1) is 24.3 Å². The monoisotopic (exact) mass is 352 g/mol. The van der Waals surface area contributed by atoms with Gasteiger partial charge in [-0.3, -0.25) is 14.6 Å². The van der Waals surface area contributed by atoms with Crippen LogP contribution in [0.1, 0.15) is 5.56 Å². The number of anilines is 1. The molecular weight excluding hydrogens is 331 g/mol. The van der Waals surface area contributed by atoms with Gasteiger partial charge in [-0.1, -0.05) is 18.2 Å². The molecule has 3 heterocycles. The van der Waals surface area contributed by atoms with Crippen LogP contribution in [0.5, 0.6) is 0 Å². The van der Waals surface area contributed by atoms with E-state index in [-0.39, 0.29) is 5.82 Å². The Labute approximate surface area is 151 Å². The minimum Gasteiger partial charge on any atom is -0.353 e. The second-order valence-corrected chi connectivity index (χ2v) is 6.52. The predicted octanol–water partition coefficient (Wildman–Crippen LogP) is 2.34. The molecule has 1 aliphatic rings. The molecular formula is C19H21FN6. The maximum absolute atomic E-state index is 13.8. The maximum atomic E-state index is 13.8. The normalized spacial score (nSPS) is 15.4. The molecule has 3 aromatic rings. The van der Waals surface area contributed by atoms with Crippen molar-refractivity contribution >= 4 is 5.82 Å². The van der Waals surface area contributed by atoms with Crippen molar-refractivity contribution in [2.45, 2.75) is 6.54 Å². The third kappa shape index (κ3) is 3.57. The van der Waals surface area contributed by atoms with Crippen molar-refractivity contribution in [2.75, 3.05) is 31.1 Å². The van der Waals surface area contributed by atoms with E-state index in [2.05, 4.69) is 19.9 Å². The fourth-order valence-corrected chi connectivity index (χ4v) is 3.20. The fourth-order valence-electron chi connectivity index (χ4n) is 3.20. The summed E-state index contributed by atoms with van der Waals surface area (Å²) in [4.78, 5) is 13.6. The van der Waals surface area contributed by atoms with Gasteiger partial charge in [-0.05, 0) is 6.07 Å². The highest BCUT2D eigenvalue weighted by molar-refractivity contribution is 5.58. The molecule has 134 valence electrons. The summed E-state index contributed by atoms with van der Waals surface area (Å²) in [5.74, 6) is 0.738. The number of nitrogens with zero attached hydrogens (tertiary/aromatic N) is 6. The molecule has 1 fully saturated rings. The van der Waals surface area contributed by atoms with E-state index in [4.69, 9.17) is 4.98 Å². The van der Waals surface area contributed by atoms with Crippen LogP contribution in [0.15, 0.2) is 49.1 Å². The standard InChI is InChI=1S/C19H21FN6/c1-24-13-16(10-22-24)18-11-21-12-19(23-18)26-8-6-25(7-9-26)14-15-4-2-3-5-17(15)20/h2-5,10-13H,6-9,14H2,1H3. The number of piperazine rings is 1. The van der Waals surface area contributed by atoms with Crippen molar-refractivity contribution in [1.82, 2.24) is 24.6 Å². The van der Waals surface area contributed by atoms with Crippen LogP contribution in [0, 0.1) is 5.82 Å². The summed E-state index contributed by atoms with van der Waals surface area (Å²) in [7, 11) is 1.88. The number of halogens is 1. The molecule has 1 aliphatic heterocycles. The van der Waals surface area contributed by atoms with Gasteiger partial charge < -0.3 is 4.90 Å². The highest BCUT2D eigenvalue weighted by Crippen LogP contribution is 2.20. The lowest BCUT2D eigenvalue weighted by atomic mass is 10.2. The summed E-state index contributed by atoms with van der Waals surface area (Å²) in [6.45, 7) is 4.07. The Balaban J connectivity index is 1.41. The predicted molar refractivity (Wildman–Crippen MR) is 98.1 cm³/mol. The van der Waals surface area contributed by atoms with E-state index in [1.54, 1.807) is 29.3 Å². The van der Waals surface area contributed by atoms with E-state index in [1.165, 1.54) is 6.07 Å². The Kier molecular flexibility index (Phi) is 4.62. The van der Waals surface area contributed by atoms with Crippen molar-refractivity contribution in [1.29, 1.82) is 0 Å². The zero-order valence-corrected chi connectivity index (χ0v) is 14.7. The lowest BCUT2D eigenvalue weighted by molar-refractivity contribution is 0.246. The smallest absolute Gasteiger partial charge is 0.147 e. The zero-order valence-electron chi connectivity index (χ0n) is 14.7. The molecule has 0 unspecified atom stereocenters. The molecule has 4 rings (SSSR count). The summed E-state index contributed by atoms with van der Waals surface area (Å²) in [5, 5.41) is 4.19. The molecule has 0 spiro atoms. The molecule has 0 aliphatic carbocycles. The Morgan fingerprint density at radius 3 is 2.58 bits per heavy atom. The number of aromatic nitrogens is 4. The number of hydrogen-bond donors (Lipinski definition) is 0. The third-order valence-electron chi connectivity index (χ3n) is 4.67. The summed E-state index contributed by atoms with van der Waals surface area (Å²) < 4.78 is 15.6. The van der Waals surface area contributed by atoms with Crippen molar-refractivity contribution in [3.05, 3.63) is 60.4 Å². The van der Waals surface area contributed by atoms with Gasteiger partial charge in [0.25, 0.3) is 0 Å². The third-order valence-corrected chi connectivity index (χ3v) is 4.67. The van der Waals surface area contributed by atoms with Crippen LogP contribution in [0.2, 0.25) is 0 Å². The van der Waals surface area contributed by atoms with Crippen molar-refractivity contribution in [2.24, 2.45) is 7.05 Å². The highest BCUT2D eigenvalue weighted by Gasteiger charge is 2.19. The summed E-state index contributed by atoms with van der Waals surface area (Å²) in [6.07, 6.45) is 7.28. The lowest BCUT2D eigenvalue weighted by Crippen LogP contribution is -2.46. The lowest BCUT2D eigenvalue weighted by Gasteiger charge is -2.35. The van der Waals surface area contributed by atoms with E-state index < -0.39 is 0 Å². The number of aryl methyl sites for hydroxylation is 1. The number of rotatable bonds is 4. The van der Waals surface area contributed by atoms with Crippen molar-refractivity contribution in [3.63, 3.8) is 0 Å². The average molecular weight is 352 g/mol. The molecule has 0 atom stereocenters. The van der Waals surface area contributed by atoms with E-state index in [9.17, 15) is 4.39 Å². The summed E-state index contributed by atoms with van der Waals surface area (Å²) >= 11 is 0. The number of benzene rings is 1. The van der Waals surface area contributed by atoms with Crippen molar-refractivity contribution < 1.29 is 4.39 Å². The molecule has 1 aromatic carbocycles. The van der Waals surface area contributed by atoms with Gasteiger partial charge in [-0.15, -0.1) is 0 Å². The Morgan fingerprint density at radius 2 is 1.85 bits per heavy atom. The first kappa shape index (κ1) is 16.7. The molecule has 6 nitrogen and oxygen atoms in total. The van der Waals surface area contributed by atoms with Gasteiger partial charge in [-0.25, -0.2) is 9.37 Å². The van der Waals surface area contributed by atoms with E-state index in [0.29, 0.717) is 6.54 Å². The van der Waals surface area contributed by atoms with Crippen LogP contribution in [0.4, 0.5) is 10.2 Å². The minimum atomic E-state index is -0.134. The van der Waals surface area contributed by atoms with Gasteiger partial charge in [0.15, 0.2) is 0 Å². The highest BCUT2D eigenvalue weighted by atomic mass is 19.1. The molecule has 0 N–H and O–H groups in total. The zero-order chi connectivity index (χ0) is 17.9. The quantitative estimate of drug-likeness (QED) is 0.721. The van der Waals surface area contributed by atoms with E-state index in [1.807, 2.05) is 25.4 Å². The molecule has 0 amide bonds. The van der Waals surface area contributed by atoms with Gasteiger partial charge in [0.2, 0.25) is 0 Å². The first-order chi connectivity index (χ1) is 12.7. The molecule has 1 saturated heterocycles. The van der Waals surface area contributed by atoms with Crippen molar-refractivity contribution in [3.8, 4) is 11.3 Å². The second kappa shape index (κ2) is 7.21. The van der Waals surface area contributed by atoms with Gasteiger partial charge in [0.1, 0.15) is 11.6 Å². The van der Waals surface area contributed by atoms with Gasteiger partial charge in [-0.2, -0.15) is 5.10 Å². The largest absolute Gasteiger partial charge is 0.353 e. The fraction of sp³-hybridized carbons (Fsp3) is 0.316. The first-order valence-electron chi connectivity index (χ1n) is 8.71. The van der Waals surface area contributed by atoms with Crippen LogP contribution in [0.3, 0.4) is 0 Å². The Bertz CT molecular complexity index is 885. The van der Waals surface area contributed by atoms with Crippen LogP contribution in [0.25, 0.3) is 11.3 Å². The van der Waals surface area contributed by atoms with Crippen LogP contribution >= 0.6 is 0 Å². The summed E-state index contributed by atoms with van der Waals surface area (Å²) in [6, 6.07) is 6.98. The Morgan fingerprint density at radius 1 is 1.04 bits per heavy atom. The van der Waals surface area contributed by atoms with Crippen LogP contribution in [-0.2, 0) is 13.6 Å². The Hall–Kier alpha value is -2.80. The maximum Gasteiger partial charge on any atom is 0.147 e. The van der Waals surface area contributed by atoms with E-state index >= 15 is 0 Å². The SMILES string of the molecule is Cn1cc(-c2cncc(N3CCN(Cc4ccccc4F)CC3)n2)cn1. The minimum absolute atomic E-state index is 0.134.